The molecule has 35 heavy (non-hydrogen) atoms. The highest BCUT2D eigenvalue weighted by Gasteiger charge is 2.32. The molecule has 184 valence electrons. The largest absolute Gasteiger partial charge is 0.339 e. The predicted octanol–water partition coefficient (Wildman–Crippen LogP) is 6.57. The van der Waals surface area contributed by atoms with Gasteiger partial charge < -0.3 is 9.80 Å². The first-order chi connectivity index (χ1) is 17.2. The average Bonchev–Trinajstić information content (AvgIpc) is 3.40. The van der Waals surface area contributed by atoms with Crippen molar-refractivity contribution in [1.29, 1.82) is 0 Å². The zero-order chi connectivity index (χ0) is 24.3. The summed E-state index contributed by atoms with van der Waals surface area (Å²) < 4.78 is 0. The van der Waals surface area contributed by atoms with Gasteiger partial charge in [0.15, 0.2) is 0 Å². The summed E-state index contributed by atoms with van der Waals surface area (Å²) in [6.07, 6.45) is 7.41. The van der Waals surface area contributed by atoms with E-state index in [9.17, 15) is 4.79 Å². The monoisotopic (exact) mass is 468 g/mol. The maximum absolute atomic E-state index is 12.7. The maximum atomic E-state index is 12.7. The minimum Gasteiger partial charge on any atom is -0.339 e. The first kappa shape index (κ1) is 25.2. The van der Waals surface area contributed by atoms with Crippen LogP contribution >= 0.6 is 0 Å². The molecule has 5 rings (SSSR count). The number of likely N-dealkylation sites (tertiary alicyclic amines) is 1. The number of benzene rings is 3. The second-order valence-electron chi connectivity index (χ2n) is 10.2. The van der Waals surface area contributed by atoms with Gasteiger partial charge in [-0.3, -0.25) is 4.79 Å². The van der Waals surface area contributed by atoms with E-state index in [0.29, 0.717) is 6.04 Å². The highest BCUT2D eigenvalue weighted by molar-refractivity contribution is 5.94. The molecule has 0 N–H and O–H groups in total. The van der Waals surface area contributed by atoms with Gasteiger partial charge in [-0.25, -0.2) is 0 Å². The third kappa shape index (κ3) is 7.80. The Morgan fingerprint density at radius 2 is 1.29 bits per heavy atom. The van der Waals surface area contributed by atoms with Crippen LogP contribution in [0, 0.1) is 11.8 Å². The van der Waals surface area contributed by atoms with Gasteiger partial charge in [0.25, 0.3) is 5.91 Å². The van der Waals surface area contributed by atoms with Crippen LogP contribution in [0.2, 0.25) is 0 Å². The van der Waals surface area contributed by atoms with Crippen molar-refractivity contribution in [3.63, 3.8) is 0 Å². The van der Waals surface area contributed by atoms with Gasteiger partial charge in [-0.1, -0.05) is 84.9 Å². The highest BCUT2D eigenvalue weighted by Crippen LogP contribution is 2.31. The molecular weight excluding hydrogens is 428 g/mol. The molecule has 1 aliphatic heterocycles. The van der Waals surface area contributed by atoms with E-state index >= 15 is 0 Å². The van der Waals surface area contributed by atoms with Gasteiger partial charge in [0.2, 0.25) is 0 Å². The number of carbonyl (C=O) groups is 1. The molecule has 1 unspecified atom stereocenters. The molecule has 2 aliphatic rings. The fourth-order valence-corrected chi connectivity index (χ4v) is 5.59. The van der Waals surface area contributed by atoms with Crippen LogP contribution in [-0.2, 0) is 6.42 Å². The van der Waals surface area contributed by atoms with Gasteiger partial charge in [-0.2, -0.15) is 0 Å². The van der Waals surface area contributed by atoms with Crippen molar-refractivity contribution >= 4 is 5.91 Å². The zero-order valence-corrected chi connectivity index (χ0v) is 21.1. The van der Waals surface area contributed by atoms with E-state index in [0.717, 1.165) is 30.2 Å². The van der Waals surface area contributed by atoms with E-state index in [1.807, 2.05) is 78.7 Å². The number of carbonyl (C=O) groups excluding carboxylic acids is 1. The molecule has 0 bridgehead atoms. The first-order valence-electron chi connectivity index (χ1n) is 13.3. The smallest absolute Gasteiger partial charge is 0.253 e. The van der Waals surface area contributed by atoms with E-state index < -0.39 is 0 Å². The third-order valence-corrected chi connectivity index (χ3v) is 7.66. The lowest BCUT2D eigenvalue weighted by molar-refractivity contribution is 0.0728. The van der Waals surface area contributed by atoms with Gasteiger partial charge in [0, 0.05) is 25.2 Å². The van der Waals surface area contributed by atoms with Crippen LogP contribution in [0.15, 0.2) is 97.1 Å². The number of piperidine rings is 1. The lowest BCUT2D eigenvalue weighted by atomic mass is 9.89. The van der Waals surface area contributed by atoms with E-state index in [1.165, 1.54) is 50.9 Å². The van der Waals surface area contributed by atoms with Gasteiger partial charge in [0.1, 0.15) is 0 Å². The van der Waals surface area contributed by atoms with Crippen LogP contribution in [0.25, 0.3) is 0 Å². The molecule has 1 amide bonds. The summed E-state index contributed by atoms with van der Waals surface area (Å²) in [7, 11) is 1.98. The number of rotatable bonds is 6. The molecule has 1 saturated carbocycles. The number of nitrogens with zero attached hydrogens (tertiary/aromatic N) is 2. The maximum Gasteiger partial charge on any atom is 0.253 e. The lowest BCUT2D eigenvalue weighted by Gasteiger charge is -2.34. The van der Waals surface area contributed by atoms with Crippen LogP contribution in [0.1, 0.15) is 48.0 Å². The number of amides is 1. The Labute approximate surface area is 211 Å². The molecule has 2 atom stereocenters. The van der Waals surface area contributed by atoms with Crippen molar-refractivity contribution in [1.82, 2.24) is 9.80 Å². The quantitative estimate of drug-likeness (QED) is 0.408. The fourth-order valence-electron chi connectivity index (χ4n) is 5.59. The average molecular weight is 469 g/mol. The molecule has 0 aromatic heterocycles. The SMILES string of the molecule is CN(C(=O)c1ccccc1)C1CC[C@@H](CN2CCC(Cc3ccccc3)CC2)C1.c1ccccc1. The molecule has 3 nitrogen and oxygen atoms in total. The van der Waals surface area contributed by atoms with E-state index in [1.54, 1.807) is 0 Å². The molecule has 0 radical (unpaired) electrons. The van der Waals surface area contributed by atoms with Crippen molar-refractivity contribution in [2.45, 2.75) is 44.6 Å². The van der Waals surface area contributed by atoms with Crippen LogP contribution < -0.4 is 0 Å². The minimum atomic E-state index is 0.165. The Morgan fingerprint density at radius 3 is 1.89 bits per heavy atom. The van der Waals surface area contributed by atoms with E-state index in [4.69, 9.17) is 0 Å². The highest BCUT2D eigenvalue weighted by atomic mass is 16.2. The van der Waals surface area contributed by atoms with Gasteiger partial charge in [-0.05, 0) is 81.1 Å². The van der Waals surface area contributed by atoms with Crippen molar-refractivity contribution in [2.75, 3.05) is 26.7 Å². The summed E-state index contributed by atoms with van der Waals surface area (Å²) in [5.74, 6) is 1.73. The second-order valence-corrected chi connectivity index (χ2v) is 10.2. The van der Waals surface area contributed by atoms with Crippen LogP contribution in [0.4, 0.5) is 0 Å². The Morgan fingerprint density at radius 1 is 0.743 bits per heavy atom. The summed E-state index contributed by atoms with van der Waals surface area (Å²) in [6, 6.07) is 33.0. The summed E-state index contributed by atoms with van der Waals surface area (Å²) in [5, 5.41) is 0. The molecule has 1 heterocycles. The molecule has 1 saturated heterocycles. The Bertz CT molecular complexity index is 957. The van der Waals surface area contributed by atoms with Crippen LogP contribution in [0.3, 0.4) is 0 Å². The van der Waals surface area contributed by atoms with Crippen molar-refractivity contribution in [3.8, 4) is 0 Å². The normalized spacial score (nSPS) is 20.6. The lowest BCUT2D eigenvalue weighted by Crippen LogP contribution is -2.38. The standard InChI is InChI=1S/C26H34N2O.C6H6/c1-27(26(29)24-10-6-3-7-11-24)25-13-12-23(19-25)20-28-16-14-22(15-17-28)18-21-8-4-2-5-9-21;1-2-4-6-5-3-1/h2-11,22-23,25H,12-20H2,1H3;1-6H/t23-,25?;/m1./s1. The molecule has 2 fully saturated rings. The van der Waals surface area contributed by atoms with Crippen molar-refractivity contribution in [2.24, 2.45) is 11.8 Å². The Hall–Kier alpha value is -2.91. The van der Waals surface area contributed by atoms with Gasteiger partial charge >= 0.3 is 0 Å². The molecule has 3 aromatic rings. The van der Waals surface area contributed by atoms with E-state index in [-0.39, 0.29) is 5.91 Å². The van der Waals surface area contributed by atoms with Gasteiger partial charge in [0.05, 0.1) is 0 Å². The summed E-state index contributed by atoms with van der Waals surface area (Å²) in [6.45, 7) is 3.68. The van der Waals surface area contributed by atoms with Crippen LogP contribution in [0.5, 0.6) is 0 Å². The molecule has 0 spiro atoms. The molecule has 1 aliphatic carbocycles. The van der Waals surface area contributed by atoms with Crippen molar-refractivity contribution < 1.29 is 4.79 Å². The molecule has 3 heteroatoms. The summed E-state index contributed by atoms with van der Waals surface area (Å²) in [4.78, 5) is 17.4. The predicted molar refractivity (Wildman–Crippen MR) is 145 cm³/mol. The first-order valence-corrected chi connectivity index (χ1v) is 13.3. The summed E-state index contributed by atoms with van der Waals surface area (Å²) >= 11 is 0. The number of hydrogen-bond acceptors (Lipinski definition) is 2. The van der Waals surface area contributed by atoms with Crippen LogP contribution in [-0.4, -0.2) is 48.4 Å². The third-order valence-electron chi connectivity index (χ3n) is 7.66. The molecule has 3 aromatic carbocycles. The van der Waals surface area contributed by atoms with Gasteiger partial charge in [-0.15, -0.1) is 0 Å². The minimum absolute atomic E-state index is 0.165. The summed E-state index contributed by atoms with van der Waals surface area (Å²) in [5.41, 5.74) is 2.29. The second kappa shape index (κ2) is 13.3. The Balaban J connectivity index is 0.000000421. The van der Waals surface area contributed by atoms with Crippen molar-refractivity contribution in [3.05, 3.63) is 108 Å². The van der Waals surface area contributed by atoms with E-state index in [2.05, 4.69) is 35.2 Å². The Kier molecular flexibility index (Phi) is 9.54. The number of hydrogen-bond donors (Lipinski definition) is 0. The zero-order valence-electron chi connectivity index (χ0n) is 21.1. The molecular formula is C32H40N2O. The fraction of sp³-hybridized carbons (Fsp3) is 0.406. The topological polar surface area (TPSA) is 23.6 Å².